The standard InChI is InChI=1S/C21H20BrN3O/c22-18-7-3-6-15(10-18)19-11-20(19)21(26)24-12-16-4-1-2-5-17(16)13-25-9-8-23-14-25/h1-10,14,19-20H,11-13H2,(H,24,26). The van der Waals surface area contributed by atoms with Crippen LogP contribution in [0.1, 0.15) is 29.0 Å². The van der Waals surface area contributed by atoms with Crippen molar-refractivity contribution in [2.24, 2.45) is 5.92 Å². The molecule has 1 aromatic heterocycles. The molecule has 1 fully saturated rings. The highest BCUT2D eigenvalue weighted by atomic mass is 79.9. The molecule has 4 rings (SSSR count). The number of imidazole rings is 1. The van der Waals surface area contributed by atoms with Crippen molar-refractivity contribution < 1.29 is 4.79 Å². The molecule has 132 valence electrons. The fourth-order valence-electron chi connectivity index (χ4n) is 3.36. The molecule has 1 heterocycles. The average Bonchev–Trinajstić information content (AvgIpc) is 3.30. The summed E-state index contributed by atoms with van der Waals surface area (Å²) < 4.78 is 3.10. The molecule has 0 aliphatic heterocycles. The maximum atomic E-state index is 12.5. The fourth-order valence-corrected chi connectivity index (χ4v) is 3.78. The van der Waals surface area contributed by atoms with Gasteiger partial charge in [0.05, 0.1) is 6.33 Å². The van der Waals surface area contributed by atoms with E-state index in [0.717, 1.165) is 23.0 Å². The number of hydrogen-bond donors (Lipinski definition) is 1. The quantitative estimate of drug-likeness (QED) is 0.665. The van der Waals surface area contributed by atoms with Crippen molar-refractivity contribution in [2.45, 2.75) is 25.4 Å². The summed E-state index contributed by atoms with van der Waals surface area (Å²) in [5.74, 6) is 0.575. The SMILES string of the molecule is O=C(NCc1ccccc1Cn1ccnc1)C1CC1c1cccc(Br)c1. The molecule has 2 atom stereocenters. The Morgan fingerprint density at radius 3 is 2.81 bits per heavy atom. The molecule has 5 heteroatoms. The Balaban J connectivity index is 1.37. The Bertz CT molecular complexity index is 907. The van der Waals surface area contributed by atoms with Crippen LogP contribution in [0.15, 0.2) is 71.7 Å². The predicted octanol–water partition coefficient (Wildman–Crippen LogP) is 4.11. The van der Waals surface area contributed by atoms with Gasteiger partial charge in [-0.2, -0.15) is 0 Å². The molecule has 0 radical (unpaired) electrons. The lowest BCUT2D eigenvalue weighted by molar-refractivity contribution is -0.122. The second-order valence-electron chi connectivity index (χ2n) is 6.73. The fraction of sp³-hybridized carbons (Fsp3) is 0.238. The van der Waals surface area contributed by atoms with Crippen LogP contribution in [0.25, 0.3) is 0 Å². The minimum Gasteiger partial charge on any atom is -0.352 e. The van der Waals surface area contributed by atoms with E-state index in [-0.39, 0.29) is 11.8 Å². The first-order chi connectivity index (χ1) is 12.7. The van der Waals surface area contributed by atoms with Crippen molar-refractivity contribution in [3.8, 4) is 0 Å². The zero-order chi connectivity index (χ0) is 17.9. The molecular formula is C21H20BrN3O. The van der Waals surface area contributed by atoms with Gasteiger partial charge >= 0.3 is 0 Å². The van der Waals surface area contributed by atoms with Gasteiger partial charge in [-0.05, 0) is 41.2 Å². The molecule has 1 saturated carbocycles. The summed E-state index contributed by atoms with van der Waals surface area (Å²) in [6.45, 7) is 1.32. The van der Waals surface area contributed by atoms with E-state index in [2.05, 4.69) is 50.5 Å². The van der Waals surface area contributed by atoms with E-state index in [4.69, 9.17) is 0 Å². The second kappa shape index (κ2) is 7.46. The van der Waals surface area contributed by atoms with E-state index in [1.165, 1.54) is 11.1 Å². The minimum absolute atomic E-state index is 0.0881. The van der Waals surface area contributed by atoms with Crippen LogP contribution in [0.3, 0.4) is 0 Å². The van der Waals surface area contributed by atoms with Gasteiger partial charge in [-0.3, -0.25) is 4.79 Å². The van der Waals surface area contributed by atoms with Gasteiger partial charge in [-0.1, -0.05) is 52.3 Å². The van der Waals surface area contributed by atoms with Crippen LogP contribution in [-0.2, 0) is 17.9 Å². The zero-order valence-corrected chi connectivity index (χ0v) is 15.9. The first-order valence-electron chi connectivity index (χ1n) is 8.76. The van der Waals surface area contributed by atoms with E-state index in [0.29, 0.717) is 12.5 Å². The van der Waals surface area contributed by atoms with Crippen LogP contribution >= 0.6 is 15.9 Å². The zero-order valence-electron chi connectivity index (χ0n) is 14.3. The van der Waals surface area contributed by atoms with E-state index in [1.807, 2.05) is 41.4 Å². The molecule has 2 unspecified atom stereocenters. The molecule has 1 N–H and O–H groups in total. The van der Waals surface area contributed by atoms with Crippen molar-refractivity contribution in [1.29, 1.82) is 0 Å². The maximum absolute atomic E-state index is 12.5. The third-order valence-electron chi connectivity index (χ3n) is 4.89. The smallest absolute Gasteiger partial charge is 0.224 e. The predicted molar refractivity (Wildman–Crippen MR) is 105 cm³/mol. The summed E-state index contributed by atoms with van der Waals surface area (Å²) in [6.07, 6.45) is 6.46. The first kappa shape index (κ1) is 17.0. The molecule has 0 saturated heterocycles. The maximum Gasteiger partial charge on any atom is 0.224 e. The third kappa shape index (κ3) is 3.88. The molecule has 0 bridgehead atoms. The molecular weight excluding hydrogens is 390 g/mol. The first-order valence-corrected chi connectivity index (χ1v) is 9.56. The number of amides is 1. The van der Waals surface area contributed by atoms with Gasteiger partial charge in [-0.25, -0.2) is 4.98 Å². The van der Waals surface area contributed by atoms with E-state index < -0.39 is 0 Å². The van der Waals surface area contributed by atoms with Crippen molar-refractivity contribution >= 4 is 21.8 Å². The Labute approximate surface area is 161 Å². The molecule has 26 heavy (non-hydrogen) atoms. The summed E-state index contributed by atoms with van der Waals surface area (Å²) in [6, 6.07) is 16.5. The van der Waals surface area contributed by atoms with Crippen LogP contribution in [0, 0.1) is 5.92 Å². The number of aromatic nitrogens is 2. The molecule has 1 amide bonds. The number of carbonyl (C=O) groups is 1. The van der Waals surface area contributed by atoms with Gasteiger partial charge in [0.15, 0.2) is 0 Å². The highest BCUT2D eigenvalue weighted by Crippen LogP contribution is 2.47. The molecule has 4 nitrogen and oxygen atoms in total. The van der Waals surface area contributed by atoms with E-state index >= 15 is 0 Å². The van der Waals surface area contributed by atoms with Crippen molar-refractivity contribution in [3.63, 3.8) is 0 Å². The summed E-state index contributed by atoms with van der Waals surface area (Å²) in [5, 5.41) is 3.12. The highest BCUT2D eigenvalue weighted by Gasteiger charge is 2.43. The number of nitrogens with zero attached hydrogens (tertiary/aromatic N) is 2. The highest BCUT2D eigenvalue weighted by molar-refractivity contribution is 9.10. The van der Waals surface area contributed by atoms with E-state index in [1.54, 1.807) is 6.20 Å². The lowest BCUT2D eigenvalue weighted by Crippen LogP contribution is -2.25. The van der Waals surface area contributed by atoms with Crippen LogP contribution < -0.4 is 5.32 Å². The average molecular weight is 410 g/mol. The molecule has 0 spiro atoms. The second-order valence-corrected chi connectivity index (χ2v) is 7.64. The number of nitrogens with one attached hydrogen (secondary N) is 1. The third-order valence-corrected chi connectivity index (χ3v) is 5.38. The molecule has 2 aromatic carbocycles. The van der Waals surface area contributed by atoms with Gasteiger partial charge in [0.25, 0.3) is 0 Å². The largest absolute Gasteiger partial charge is 0.352 e. The monoisotopic (exact) mass is 409 g/mol. The van der Waals surface area contributed by atoms with Gasteiger partial charge in [0.2, 0.25) is 5.91 Å². The van der Waals surface area contributed by atoms with Crippen molar-refractivity contribution in [2.75, 3.05) is 0 Å². The summed E-state index contributed by atoms with van der Waals surface area (Å²) >= 11 is 3.50. The Morgan fingerprint density at radius 1 is 1.19 bits per heavy atom. The van der Waals surface area contributed by atoms with Crippen molar-refractivity contribution in [1.82, 2.24) is 14.9 Å². The van der Waals surface area contributed by atoms with Crippen LogP contribution in [-0.4, -0.2) is 15.5 Å². The normalized spacial score (nSPS) is 18.5. The van der Waals surface area contributed by atoms with Gasteiger partial charge < -0.3 is 9.88 Å². The Kier molecular flexibility index (Phi) is 4.89. The number of benzene rings is 2. The summed E-state index contributed by atoms with van der Waals surface area (Å²) in [5.41, 5.74) is 3.58. The molecule has 1 aliphatic carbocycles. The Morgan fingerprint density at radius 2 is 2.04 bits per heavy atom. The van der Waals surface area contributed by atoms with Gasteiger partial charge in [0, 0.05) is 35.9 Å². The molecule has 1 aliphatic rings. The number of hydrogen-bond acceptors (Lipinski definition) is 2. The number of halogens is 1. The van der Waals surface area contributed by atoms with Gasteiger partial charge in [-0.15, -0.1) is 0 Å². The number of rotatable bonds is 6. The summed E-state index contributed by atoms with van der Waals surface area (Å²) in [4.78, 5) is 16.6. The van der Waals surface area contributed by atoms with Crippen LogP contribution in [0.5, 0.6) is 0 Å². The number of carbonyl (C=O) groups excluding carboxylic acids is 1. The lowest BCUT2D eigenvalue weighted by Gasteiger charge is -2.11. The Hall–Kier alpha value is -2.40. The lowest BCUT2D eigenvalue weighted by atomic mass is 10.1. The van der Waals surface area contributed by atoms with Crippen molar-refractivity contribution in [3.05, 3.63) is 88.4 Å². The summed E-state index contributed by atoms with van der Waals surface area (Å²) in [7, 11) is 0. The van der Waals surface area contributed by atoms with Crippen LogP contribution in [0.2, 0.25) is 0 Å². The van der Waals surface area contributed by atoms with E-state index in [9.17, 15) is 4.79 Å². The van der Waals surface area contributed by atoms with Crippen LogP contribution in [0.4, 0.5) is 0 Å². The minimum atomic E-state index is 0.0881. The van der Waals surface area contributed by atoms with Gasteiger partial charge in [0.1, 0.15) is 0 Å². The molecule has 3 aromatic rings. The topological polar surface area (TPSA) is 46.9 Å².